The minimum absolute atomic E-state index is 0.0502. The number of carbonyl (C=O) groups is 1. The number of likely N-dealkylation sites (tertiary alicyclic amines) is 1. The molecule has 4 rings (SSSR count). The summed E-state index contributed by atoms with van der Waals surface area (Å²) in [5.41, 5.74) is 1.60. The number of hydrogen-bond donors (Lipinski definition) is 0. The summed E-state index contributed by atoms with van der Waals surface area (Å²) in [6, 6.07) is 9.98. The van der Waals surface area contributed by atoms with E-state index in [-0.39, 0.29) is 29.9 Å². The van der Waals surface area contributed by atoms with E-state index in [1.165, 1.54) is 12.1 Å². The molecule has 3 heterocycles. The van der Waals surface area contributed by atoms with Crippen molar-refractivity contribution < 1.29 is 18.7 Å². The molecule has 142 valence electrons. The first-order valence-corrected chi connectivity index (χ1v) is 9.29. The van der Waals surface area contributed by atoms with Crippen LogP contribution in [-0.4, -0.2) is 47.2 Å². The summed E-state index contributed by atoms with van der Waals surface area (Å²) in [7, 11) is 0. The fraction of sp³-hybridized carbons (Fsp3) is 0.429. The molecule has 0 radical (unpaired) electrons. The Labute approximate surface area is 158 Å². The number of rotatable bonds is 5. The van der Waals surface area contributed by atoms with Gasteiger partial charge in [0.05, 0.1) is 32.2 Å². The third kappa shape index (κ3) is 4.34. The van der Waals surface area contributed by atoms with Crippen LogP contribution < -0.4 is 0 Å². The standard InChI is InChI=1S/C21H23FN2O3/c22-18-5-3-16(4-6-18)10-20(25)24-14-21(15-24)11-19(7-9-27-21)26-13-17-2-1-8-23-12-17/h1-6,8,12,19H,7,9-11,13-15H2/t19-/m1/s1. The van der Waals surface area contributed by atoms with Crippen LogP contribution in [0.5, 0.6) is 0 Å². The molecule has 1 atom stereocenters. The maximum absolute atomic E-state index is 13.0. The first kappa shape index (κ1) is 18.1. The Morgan fingerprint density at radius 1 is 1.26 bits per heavy atom. The monoisotopic (exact) mass is 370 g/mol. The van der Waals surface area contributed by atoms with Crippen molar-refractivity contribution in [2.75, 3.05) is 19.7 Å². The van der Waals surface area contributed by atoms with Gasteiger partial charge in [0, 0.05) is 25.4 Å². The van der Waals surface area contributed by atoms with Crippen molar-refractivity contribution >= 4 is 5.91 Å². The molecule has 0 N–H and O–H groups in total. The van der Waals surface area contributed by atoms with Gasteiger partial charge in [0.15, 0.2) is 0 Å². The predicted octanol–water partition coefficient (Wildman–Crippen LogP) is 2.74. The summed E-state index contributed by atoms with van der Waals surface area (Å²) in [5, 5.41) is 0. The molecular weight excluding hydrogens is 347 g/mol. The van der Waals surface area contributed by atoms with Crippen molar-refractivity contribution in [2.45, 2.75) is 37.6 Å². The van der Waals surface area contributed by atoms with Gasteiger partial charge < -0.3 is 14.4 Å². The maximum Gasteiger partial charge on any atom is 0.227 e. The summed E-state index contributed by atoms with van der Waals surface area (Å²) >= 11 is 0. The van der Waals surface area contributed by atoms with Crippen molar-refractivity contribution in [3.05, 3.63) is 65.7 Å². The second-order valence-electron chi connectivity index (χ2n) is 7.37. The highest BCUT2D eigenvalue weighted by molar-refractivity contribution is 5.80. The zero-order chi connectivity index (χ0) is 18.7. The lowest BCUT2D eigenvalue weighted by atomic mass is 9.84. The number of nitrogens with zero attached hydrogens (tertiary/aromatic N) is 2. The van der Waals surface area contributed by atoms with Gasteiger partial charge >= 0.3 is 0 Å². The van der Waals surface area contributed by atoms with E-state index < -0.39 is 0 Å². The van der Waals surface area contributed by atoms with Crippen LogP contribution in [0.15, 0.2) is 48.8 Å². The first-order valence-electron chi connectivity index (χ1n) is 9.29. The van der Waals surface area contributed by atoms with Crippen LogP contribution in [0, 0.1) is 5.82 Å². The van der Waals surface area contributed by atoms with Gasteiger partial charge in [0.1, 0.15) is 11.4 Å². The topological polar surface area (TPSA) is 51.7 Å². The number of aromatic nitrogens is 1. The first-order chi connectivity index (χ1) is 13.1. The number of amides is 1. The fourth-order valence-corrected chi connectivity index (χ4v) is 3.76. The van der Waals surface area contributed by atoms with Gasteiger partial charge in [0.25, 0.3) is 0 Å². The average molecular weight is 370 g/mol. The van der Waals surface area contributed by atoms with Crippen LogP contribution in [0.25, 0.3) is 0 Å². The van der Waals surface area contributed by atoms with Crippen molar-refractivity contribution in [3.63, 3.8) is 0 Å². The molecule has 1 aromatic heterocycles. The molecule has 2 aliphatic rings. The number of pyridine rings is 1. The van der Waals surface area contributed by atoms with E-state index in [0.717, 1.165) is 24.0 Å². The molecule has 2 fully saturated rings. The number of halogens is 1. The van der Waals surface area contributed by atoms with E-state index in [1.54, 1.807) is 18.3 Å². The van der Waals surface area contributed by atoms with Crippen LogP contribution in [0.4, 0.5) is 4.39 Å². The van der Waals surface area contributed by atoms with Crippen molar-refractivity contribution in [1.82, 2.24) is 9.88 Å². The quantitative estimate of drug-likeness (QED) is 0.812. The van der Waals surface area contributed by atoms with E-state index in [1.807, 2.05) is 23.2 Å². The summed E-state index contributed by atoms with van der Waals surface area (Å²) in [5.74, 6) is -0.240. The van der Waals surface area contributed by atoms with Crippen LogP contribution in [0.3, 0.4) is 0 Å². The van der Waals surface area contributed by atoms with Crippen LogP contribution >= 0.6 is 0 Å². The molecule has 0 bridgehead atoms. The Morgan fingerprint density at radius 2 is 2.07 bits per heavy atom. The lowest BCUT2D eigenvalue weighted by Crippen LogP contribution is -2.67. The van der Waals surface area contributed by atoms with Gasteiger partial charge in [-0.25, -0.2) is 4.39 Å². The molecule has 2 aromatic rings. The third-order valence-corrected chi connectivity index (χ3v) is 5.24. The molecule has 2 saturated heterocycles. The summed E-state index contributed by atoms with van der Waals surface area (Å²) in [6.07, 6.45) is 5.65. The summed E-state index contributed by atoms with van der Waals surface area (Å²) < 4.78 is 25.0. The van der Waals surface area contributed by atoms with Crippen LogP contribution in [0.1, 0.15) is 24.0 Å². The highest BCUT2D eigenvalue weighted by Gasteiger charge is 2.49. The third-order valence-electron chi connectivity index (χ3n) is 5.24. The zero-order valence-electron chi connectivity index (χ0n) is 15.1. The highest BCUT2D eigenvalue weighted by atomic mass is 19.1. The van der Waals surface area contributed by atoms with Gasteiger partial charge in [-0.15, -0.1) is 0 Å². The minimum Gasteiger partial charge on any atom is -0.373 e. The largest absolute Gasteiger partial charge is 0.373 e. The molecule has 1 amide bonds. The number of carbonyl (C=O) groups excluding carboxylic acids is 1. The van der Waals surface area contributed by atoms with Crippen molar-refractivity contribution in [1.29, 1.82) is 0 Å². The molecule has 5 nitrogen and oxygen atoms in total. The van der Waals surface area contributed by atoms with E-state index in [2.05, 4.69) is 4.98 Å². The number of hydrogen-bond acceptors (Lipinski definition) is 4. The molecule has 0 unspecified atom stereocenters. The Kier molecular flexibility index (Phi) is 5.18. The van der Waals surface area contributed by atoms with E-state index in [9.17, 15) is 9.18 Å². The summed E-state index contributed by atoms with van der Waals surface area (Å²) in [6.45, 7) is 2.39. The lowest BCUT2D eigenvalue weighted by molar-refractivity contribution is -0.202. The Morgan fingerprint density at radius 3 is 2.81 bits per heavy atom. The minimum atomic E-state index is -0.290. The molecule has 1 spiro atoms. The Bertz CT molecular complexity index is 776. The van der Waals surface area contributed by atoms with Gasteiger partial charge in [0.2, 0.25) is 5.91 Å². The van der Waals surface area contributed by atoms with Gasteiger partial charge in [-0.1, -0.05) is 18.2 Å². The molecular formula is C21H23FN2O3. The lowest BCUT2D eigenvalue weighted by Gasteiger charge is -2.53. The van der Waals surface area contributed by atoms with Crippen LogP contribution in [-0.2, 0) is 27.3 Å². The van der Waals surface area contributed by atoms with Gasteiger partial charge in [-0.2, -0.15) is 0 Å². The highest BCUT2D eigenvalue weighted by Crippen LogP contribution is 2.35. The second kappa shape index (κ2) is 7.74. The summed E-state index contributed by atoms with van der Waals surface area (Å²) in [4.78, 5) is 18.4. The molecule has 27 heavy (non-hydrogen) atoms. The second-order valence-corrected chi connectivity index (χ2v) is 7.37. The SMILES string of the molecule is O=C(Cc1ccc(F)cc1)N1CC2(C[C@H](OCc3cccnc3)CCO2)C1. The molecule has 6 heteroatoms. The normalized spacial score (nSPS) is 21.1. The van der Waals surface area contributed by atoms with Crippen molar-refractivity contribution in [2.24, 2.45) is 0 Å². The van der Waals surface area contributed by atoms with Crippen LogP contribution in [0.2, 0.25) is 0 Å². The average Bonchev–Trinajstić information content (AvgIpc) is 2.67. The zero-order valence-corrected chi connectivity index (χ0v) is 15.1. The molecule has 1 aromatic carbocycles. The van der Waals surface area contributed by atoms with E-state index >= 15 is 0 Å². The number of ether oxygens (including phenoxy) is 2. The predicted molar refractivity (Wildman–Crippen MR) is 97.4 cm³/mol. The van der Waals surface area contributed by atoms with Gasteiger partial charge in [-0.05, 0) is 35.7 Å². The smallest absolute Gasteiger partial charge is 0.227 e. The molecule has 2 aliphatic heterocycles. The van der Waals surface area contributed by atoms with Crippen molar-refractivity contribution in [3.8, 4) is 0 Å². The van der Waals surface area contributed by atoms with E-state index in [4.69, 9.17) is 9.47 Å². The Hall–Kier alpha value is -2.31. The number of benzene rings is 1. The van der Waals surface area contributed by atoms with E-state index in [0.29, 0.717) is 26.3 Å². The van der Waals surface area contributed by atoms with Gasteiger partial charge in [-0.3, -0.25) is 9.78 Å². The molecule has 0 saturated carbocycles. The molecule has 0 aliphatic carbocycles. The maximum atomic E-state index is 13.0. The Balaban J connectivity index is 1.26. The fourth-order valence-electron chi connectivity index (χ4n) is 3.76.